The molecule has 1 heterocycles. The molecule has 3 aromatic rings. The predicted octanol–water partition coefficient (Wildman–Crippen LogP) is 5.27. The number of halogens is 1. The molecule has 162 valence electrons. The van der Waals surface area contributed by atoms with Crippen LogP contribution in [0.5, 0.6) is 17.2 Å². The number of nitrogens with two attached hydrogens (primary N) is 1. The van der Waals surface area contributed by atoms with Crippen LogP contribution in [0.3, 0.4) is 0 Å². The summed E-state index contributed by atoms with van der Waals surface area (Å²) in [4.78, 5) is 7.52. The molecule has 1 aliphatic carbocycles. The summed E-state index contributed by atoms with van der Waals surface area (Å²) >= 11 is 0. The summed E-state index contributed by atoms with van der Waals surface area (Å²) in [6.45, 7) is 8.08. The number of aromatic nitrogens is 1. The molecule has 2 aromatic carbocycles. The Morgan fingerprint density at radius 3 is 2.71 bits per heavy atom. The van der Waals surface area contributed by atoms with Crippen LogP contribution in [-0.4, -0.2) is 30.5 Å². The molecule has 0 saturated heterocycles. The van der Waals surface area contributed by atoms with Gasteiger partial charge in [0.15, 0.2) is 23.1 Å². The third kappa shape index (κ3) is 4.27. The molecule has 1 aromatic heterocycles. The van der Waals surface area contributed by atoms with Crippen LogP contribution in [0.4, 0.5) is 10.1 Å². The van der Waals surface area contributed by atoms with Crippen LogP contribution in [0.2, 0.25) is 0 Å². The van der Waals surface area contributed by atoms with Crippen LogP contribution in [0, 0.1) is 12.7 Å². The summed E-state index contributed by atoms with van der Waals surface area (Å²) < 4.78 is 32.2. The fraction of sp³-hybridized carbons (Fsp3) is 0.292. The van der Waals surface area contributed by atoms with E-state index in [1.54, 1.807) is 50.6 Å². The first-order chi connectivity index (χ1) is 14.8. The van der Waals surface area contributed by atoms with Crippen LogP contribution >= 0.6 is 0 Å². The maximum absolute atomic E-state index is 15.0. The third-order valence-corrected chi connectivity index (χ3v) is 5.33. The molecular weight excluding hydrogens is 397 g/mol. The van der Waals surface area contributed by atoms with Gasteiger partial charge in [-0.1, -0.05) is 6.58 Å². The van der Waals surface area contributed by atoms with Crippen molar-refractivity contribution in [2.45, 2.75) is 32.2 Å². The van der Waals surface area contributed by atoms with Gasteiger partial charge in [0.1, 0.15) is 12.4 Å². The van der Waals surface area contributed by atoms with Gasteiger partial charge in [0, 0.05) is 34.4 Å². The van der Waals surface area contributed by atoms with Crippen molar-refractivity contribution in [2.24, 2.45) is 10.7 Å². The number of methoxy groups -OCH3 is 1. The van der Waals surface area contributed by atoms with Crippen LogP contribution < -0.4 is 19.9 Å². The molecule has 0 spiro atoms. The Labute approximate surface area is 180 Å². The van der Waals surface area contributed by atoms with Gasteiger partial charge in [0.05, 0.1) is 18.3 Å². The zero-order valence-electron chi connectivity index (χ0n) is 17.9. The zero-order valence-corrected chi connectivity index (χ0v) is 17.9. The Morgan fingerprint density at radius 1 is 1.26 bits per heavy atom. The highest BCUT2D eigenvalue weighted by Gasteiger charge is 2.39. The van der Waals surface area contributed by atoms with Crippen LogP contribution in [-0.2, 0) is 0 Å². The number of fused-ring (bicyclic) bond motifs is 1. The van der Waals surface area contributed by atoms with Crippen LogP contribution in [0.15, 0.2) is 41.9 Å². The van der Waals surface area contributed by atoms with E-state index in [9.17, 15) is 4.39 Å². The van der Waals surface area contributed by atoms with Crippen LogP contribution in [0.1, 0.15) is 31.0 Å². The van der Waals surface area contributed by atoms with E-state index in [2.05, 4.69) is 16.6 Å². The summed E-state index contributed by atoms with van der Waals surface area (Å²) in [5.41, 5.74) is 8.59. The van der Waals surface area contributed by atoms with Gasteiger partial charge < -0.3 is 24.9 Å². The molecule has 31 heavy (non-hydrogen) atoms. The molecule has 0 atom stereocenters. The fourth-order valence-electron chi connectivity index (χ4n) is 3.37. The van der Waals surface area contributed by atoms with Gasteiger partial charge in [0.2, 0.25) is 0 Å². The number of hydrogen-bond acceptors (Lipinski definition) is 5. The number of benzene rings is 2. The molecule has 0 bridgehead atoms. The fourth-order valence-corrected chi connectivity index (χ4v) is 3.37. The number of ether oxygens (including phenoxy) is 3. The molecule has 0 unspecified atom stereocenters. The van der Waals surface area contributed by atoms with Crippen molar-refractivity contribution in [3.05, 3.63) is 54.0 Å². The normalized spacial score (nSPS) is 14.7. The highest BCUT2D eigenvalue weighted by Crippen LogP contribution is 2.41. The van der Waals surface area contributed by atoms with E-state index >= 15 is 0 Å². The molecule has 0 amide bonds. The maximum Gasteiger partial charge on any atom is 0.175 e. The Balaban J connectivity index is 1.65. The van der Waals surface area contributed by atoms with Gasteiger partial charge >= 0.3 is 0 Å². The average molecular weight is 423 g/mol. The van der Waals surface area contributed by atoms with Gasteiger partial charge in [-0.05, 0) is 51.0 Å². The number of rotatable bonds is 8. The third-order valence-electron chi connectivity index (χ3n) is 5.33. The Hall–Kier alpha value is -3.32. The molecule has 1 fully saturated rings. The van der Waals surface area contributed by atoms with E-state index in [0.29, 0.717) is 40.3 Å². The maximum atomic E-state index is 15.0. The van der Waals surface area contributed by atoms with E-state index in [1.165, 1.54) is 0 Å². The lowest BCUT2D eigenvalue weighted by atomic mass is 10.1. The van der Waals surface area contributed by atoms with Gasteiger partial charge in [-0.25, -0.2) is 4.39 Å². The molecule has 1 saturated carbocycles. The van der Waals surface area contributed by atoms with Crippen molar-refractivity contribution >= 4 is 28.6 Å². The smallest absolute Gasteiger partial charge is 0.175 e. The lowest BCUT2D eigenvalue weighted by molar-refractivity contribution is 0.264. The minimum atomic E-state index is -0.451. The molecule has 1 aliphatic rings. The number of aromatic amines is 1. The second-order valence-corrected chi connectivity index (χ2v) is 7.88. The molecule has 4 rings (SSSR count). The minimum absolute atomic E-state index is 0.0843. The average Bonchev–Trinajstić information content (AvgIpc) is 3.35. The highest BCUT2D eigenvalue weighted by molar-refractivity contribution is 5.83. The second-order valence-electron chi connectivity index (χ2n) is 7.88. The van der Waals surface area contributed by atoms with E-state index in [4.69, 9.17) is 19.9 Å². The topological polar surface area (TPSA) is 81.9 Å². The lowest BCUT2D eigenvalue weighted by Crippen LogP contribution is -2.29. The van der Waals surface area contributed by atoms with E-state index in [-0.39, 0.29) is 17.0 Å². The van der Waals surface area contributed by atoms with Crippen LogP contribution in [0.25, 0.3) is 16.7 Å². The number of hydrogen-bond donors (Lipinski definition) is 2. The van der Waals surface area contributed by atoms with E-state index < -0.39 is 5.82 Å². The first-order valence-corrected chi connectivity index (χ1v) is 10.1. The SMILES string of the molecule is C=C(Oc1ccc2[nH]c(C)cc2c1F)c1cc(OC)c(OCC2(N)CC2)cc1/N=C\C. The van der Waals surface area contributed by atoms with Gasteiger partial charge in [0.25, 0.3) is 0 Å². The zero-order chi connectivity index (χ0) is 22.2. The van der Waals surface area contributed by atoms with Gasteiger partial charge in [-0.2, -0.15) is 0 Å². The summed E-state index contributed by atoms with van der Waals surface area (Å²) in [6.07, 6.45) is 3.53. The molecule has 6 nitrogen and oxygen atoms in total. The number of aryl methyl sites for hydroxylation is 1. The van der Waals surface area contributed by atoms with Crippen molar-refractivity contribution in [3.8, 4) is 17.2 Å². The quantitative estimate of drug-likeness (QED) is 0.382. The van der Waals surface area contributed by atoms with Crippen molar-refractivity contribution in [1.82, 2.24) is 4.98 Å². The first kappa shape index (κ1) is 20.9. The predicted molar refractivity (Wildman–Crippen MR) is 121 cm³/mol. The van der Waals surface area contributed by atoms with Gasteiger partial charge in [-0.3, -0.25) is 4.99 Å². The van der Waals surface area contributed by atoms with E-state index in [1.807, 2.05) is 6.92 Å². The van der Waals surface area contributed by atoms with Crippen molar-refractivity contribution in [1.29, 1.82) is 0 Å². The standard InChI is InChI=1S/C24H26FN3O3/c1-5-27-19-12-22(30-13-24(26)8-9-24)21(29-4)11-16(19)15(3)31-20-7-6-18-17(23(20)25)10-14(2)28-18/h5-7,10-12,28H,3,8-9,13,26H2,1-2,4H3/b27-5-. The minimum Gasteiger partial charge on any atom is -0.493 e. The summed E-state index contributed by atoms with van der Waals surface area (Å²) in [5, 5.41) is 0.465. The second kappa shape index (κ2) is 8.07. The molecule has 3 N–H and O–H groups in total. The van der Waals surface area contributed by atoms with Crippen molar-refractivity contribution < 1.29 is 18.6 Å². The molecule has 0 radical (unpaired) electrons. The lowest BCUT2D eigenvalue weighted by Gasteiger charge is -2.18. The Morgan fingerprint density at radius 2 is 2.03 bits per heavy atom. The van der Waals surface area contributed by atoms with E-state index in [0.717, 1.165) is 18.5 Å². The number of aliphatic imine (C=N–C) groups is 1. The molecule has 0 aliphatic heterocycles. The summed E-state index contributed by atoms with van der Waals surface area (Å²) in [6, 6.07) is 8.58. The largest absolute Gasteiger partial charge is 0.493 e. The number of nitrogens with zero attached hydrogens (tertiary/aromatic N) is 1. The molecule has 7 heteroatoms. The van der Waals surface area contributed by atoms with Crippen molar-refractivity contribution in [3.63, 3.8) is 0 Å². The summed E-state index contributed by atoms with van der Waals surface area (Å²) in [7, 11) is 1.55. The number of nitrogens with one attached hydrogen (secondary N) is 1. The van der Waals surface area contributed by atoms with Crippen molar-refractivity contribution in [2.75, 3.05) is 13.7 Å². The summed E-state index contributed by atoms with van der Waals surface area (Å²) in [5.74, 6) is 0.908. The number of H-pyrrole nitrogens is 1. The Kier molecular flexibility index (Phi) is 5.45. The van der Waals surface area contributed by atoms with Gasteiger partial charge in [-0.15, -0.1) is 0 Å². The monoisotopic (exact) mass is 423 g/mol. The molecular formula is C24H26FN3O3. The first-order valence-electron chi connectivity index (χ1n) is 10.1. The highest BCUT2D eigenvalue weighted by atomic mass is 19.1. The Bertz CT molecular complexity index is 1180.